The largest absolute Gasteiger partial charge is 0.369 e. The maximum Gasteiger partial charge on any atom is 0.325 e. The fraction of sp³-hybridized carbons (Fsp3) is 0.500. The van der Waals surface area contributed by atoms with Crippen molar-refractivity contribution in [1.82, 2.24) is 10.2 Å². The van der Waals surface area contributed by atoms with Crippen molar-refractivity contribution < 1.29 is 14.4 Å². The van der Waals surface area contributed by atoms with Gasteiger partial charge in [-0.05, 0) is 44.2 Å². The predicted octanol–water partition coefficient (Wildman–Crippen LogP) is 1.23. The molecule has 7 nitrogen and oxygen atoms in total. The lowest BCUT2D eigenvalue weighted by Crippen LogP contribution is -2.54. The van der Waals surface area contributed by atoms with Crippen LogP contribution in [0.5, 0.6) is 0 Å². The Kier molecular flexibility index (Phi) is 3.67. The van der Waals surface area contributed by atoms with E-state index in [-0.39, 0.29) is 18.0 Å². The van der Waals surface area contributed by atoms with Gasteiger partial charge in [-0.2, -0.15) is 0 Å². The van der Waals surface area contributed by atoms with Crippen LogP contribution in [0.3, 0.4) is 0 Å². The lowest BCUT2D eigenvalue weighted by Gasteiger charge is -2.39. The molecule has 3 N–H and O–H groups in total. The fourth-order valence-electron chi connectivity index (χ4n) is 4.18. The number of benzene rings is 1. The second-order valence-electron chi connectivity index (χ2n) is 7.16. The molecule has 1 atom stereocenters. The topological polar surface area (TPSA) is 95.7 Å². The second-order valence-corrected chi connectivity index (χ2v) is 7.16. The molecule has 1 unspecified atom stereocenters. The highest BCUT2D eigenvalue weighted by atomic mass is 16.2. The molecule has 1 aromatic carbocycles. The zero-order valence-corrected chi connectivity index (χ0v) is 14.0. The number of nitrogens with zero attached hydrogens (tertiary/aromatic N) is 2. The lowest BCUT2D eigenvalue weighted by atomic mass is 9.76. The van der Waals surface area contributed by atoms with E-state index < -0.39 is 11.4 Å². The number of amides is 4. The molecule has 4 amide bonds. The van der Waals surface area contributed by atoms with Crippen molar-refractivity contribution in [2.75, 3.05) is 18.0 Å². The van der Waals surface area contributed by atoms with Crippen LogP contribution in [0.4, 0.5) is 10.5 Å². The first kappa shape index (κ1) is 15.9. The molecule has 0 radical (unpaired) electrons. The van der Waals surface area contributed by atoms with Gasteiger partial charge in [0.25, 0.3) is 11.8 Å². The SMILES string of the molecule is NC(=O)c1ccccc1N1CCCC(N2C(=O)NC3(CCC3)C2=O)C1. The number of nitrogens with two attached hydrogens (primary N) is 1. The van der Waals surface area contributed by atoms with Crippen LogP contribution in [0.2, 0.25) is 0 Å². The average molecular weight is 342 g/mol. The minimum Gasteiger partial charge on any atom is -0.369 e. The van der Waals surface area contributed by atoms with E-state index in [4.69, 9.17) is 5.73 Å². The molecule has 1 saturated carbocycles. The van der Waals surface area contributed by atoms with Gasteiger partial charge >= 0.3 is 6.03 Å². The number of primary amides is 1. The Morgan fingerprint density at radius 1 is 1.20 bits per heavy atom. The van der Waals surface area contributed by atoms with Crippen LogP contribution < -0.4 is 16.0 Å². The first-order valence-electron chi connectivity index (χ1n) is 8.81. The van der Waals surface area contributed by atoms with E-state index in [0.29, 0.717) is 12.1 Å². The Balaban J connectivity index is 1.57. The molecule has 0 aromatic heterocycles. The number of anilines is 1. The van der Waals surface area contributed by atoms with Crippen LogP contribution in [-0.2, 0) is 4.79 Å². The maximum atomic E-state index is 12.8. The summed E-state index contributed by atoms with van der Waals surface area (Å²) in [7, 11) is 0. The van der Waals surface area contributed by atoms with Gasteiger partial charge in [-0.15, -0.1) is 0 Å². The summed E-state index contributed by atoms with van der Waals surface area (Å²) >= 11 is 0. The molecule has 7 heteroatoms. The van der Waals surface area contributed by atoms with Gasteiger partial charge in [0.05, 0.1) is 11.6 Å². The summed E-state index contributed by atoms with van der Waals surface area (Å²) in [4.78, 5) is 40.4. The molecule has 1 aliphatic carbocycles. The zero-order chi connectivity index (χ0) is 17.6. The molecule has 132 valence electrons. The van der Waals surface area contributed by atoms with E-state index in [1.807, 2.05) is 12.1 Å². The first-order valence-corrected chi connectivity index (χ1v) is 8.81. The number of carbonyl (C=O) groups excluding carboxylic acids is 3. The van der Waals surface area contributed by atoms with Crippen LogP contribution in [-0.4, -0.2) is 47.4 Å². The van der Waals surface area contributed by atoms with Crippen molar-refractivity contribution in [3.8, 4) is 0 Å². The Labute approximate surface area is 146 Å². The minimum atomic E-state index is -0.648. The van der Waals surface area contributed by atoms with E-state index in [2.05, 4.69) is 10.2 Å². The number of piperidine rings is 1. The molecule has 4 rings (SSSR count). The van der Waals surface area contributed by atoms with Gasteiger partial charge in [0, 0.05) is 18.8 Å². The van der Waals surface area contributed by atoms with Crippen molar-refractivity contribution in [2.24, 2.45) is 5.73 Å². The van der Waals surface area contributed by atoms with Gasteiger partial charge in [0.15, 0.2) is 0 Å². The number of rotatable bonds is 3. The van der Waals surface area contributed by atoms with Gasteiger partial charge < -0.3 is 16.0 Å². The van der Waals surface area contributed by atoms with Crippen LogP contribution in [0.25, 0.3) is 0 Å². The van der Waals surface area contributed by atoms with Crippen LogP contribution >= 0.6 is 0 Å². The summed E-state index contributed by atoms with van der Waals surface area (Å²) in [6.45, 7) is 1.30. The van der Waals surface area contributed by atoms with E-state index in [0.717, 1.165) is 44.3 Å². The third kappa shape index (κ3) is 2.45. The molecule has 3 fully saturated rings. The Hall–Kier alpha value is -2.57. The number of urea groups is 1. The molecule has 3 aliphatic rings. The fourth-order valence-corrected chi connectivity index (χ4v) is 4.18. The number of hydrogen-bond donors (Lipinski definition) is 2. The Morgan fingerprint density at radius 2 is 1.96 bits per heavy atom. The third-order valence-electron chi connectivity index (χ3n) is 5.67. The standard InChI is InChI=1S/C18H22N4O3/c19-15(23)13-6-1-2-7-14(13)21-10-3-5-12(11-21)22-16(24)18(8-4-9-18)20-17(22)25/h1-2,6-7,12H,3-5,8-11H2,(H2,19,23)(H,20,25). The summed E-state index contributed by atoms with van der Waals surface area (Å²) in [6.07, 6.45) is 4.07. The first-order chi connectivity index (χ1) is 12.0. The summed E-state index contributed by atoms with van der Waals surface area (Å²) in [5.41, 5.74) is 6.08. The van der Waals surface area contributed by atoms with Crippen LogP contribution in [0, 0.1) is 0 Å². The van der Waals surface area contributed by atoms with E-state index in [1.165, 1.54) is 4.90 Å². The van der Waals surface area contributed by atoms with Crippen molar-refractivity contribution in [2.45, 2.75) is 43.7 Å². The van der Waals surface area contributed by atoms with Gasteiger partial charge in [0.1, 0.15) is 5.54 Å². The molecular formula is C18H22N4O3. The smallest absolute Gasteiger partial charge is 0.325 e. The quantitative estimate of drug-likeness (QED) is 0.808. The highest BCUT2D eigenvalue weighted by molar-refractivity contribution is 6.08. The zero-order valence-electron chi connectivity index (χ0n) is 14.0. The van der Waals surface area contributed by atoms with E-state index in [1.54, 1.807) is 12.1 Å². The monoisotopic (exact) mass is 342 g/mol. The van der Waals surface area contributed by atoms with Crippen molar-refractivity contribution in [3.05, 3.63) is 29.8 Å². The van der Waals surface area contributed by atoms with Crippen LogP contribution in [0.15, 0.2) is 24.3 Å². The van der Waals surface area contributed by atoms with E-state index in [9.17, 15) is 14.4 Å². The highest BCUT2D eigenvalue weighted by Crippen LogP contribution is 2.39. The van der Waals surface area contributed by atoms with Crippen molar-refractivity contribution >= 4 is 23.5 Å². The molecule has 0 bridgehead atoms. The summed E-state index contributed by atoms with van der Waals surface area (Å²) < 4.78 is 0. The summed E-state index contributed by atoms with van der Waals surface area (Å²) in [6, 6.07) is 6.76. The molecule has 2 heterocycles. The Morgan fingerprint density at radius 3 is 2.60 bits per heavy atom. The van der Waals surface area contributed by atoms with Crippen molar-refractivity contribution in [1.29, 1.82) is 0 Å². The lowest BCUT2D eigenvalue weighted by molar-refractivity contribution is -0.135. The number of carbonyl (C=O) groups is 3. The molecule has 1 spiro atoms. The average Bonchev–Trinajstić information content (AvgIpc) is 2.86. The number of nitrogens with one attached hydrogen (secondary N) is 1. The molecule has 2 saturated heterocycles. The summed E-state index contributed by atoms with van der Waals surface area (Å²) in [5.74, 6) is -0.556. The Bertz CT molecular complexity index is 744. The molecular weight excluding hydrogens is 320 g/mol. The second kappa shape index (κ2) is 5.75. The number of para-hydroxylation sites is 1. The molecule has 1 aromatic rings. The van der Waals surface area contributed by atoms with Gasteiger partial charge in [0.2, 0.25) is 0 Å². The normalized spacial score (nSPS) is 25.0. The number of imide groups is 1. The van der Waals surface area contributed by atoms with Gasteiger partial charge in [-0.25, -0.2) is 4.79 Å². The summed E-state index contributed by atoms with van der Waals surface area (Å²) in [5, 5.41) is 2.89. The number of hydrogen-bond acceptors (Lipinski definition) is 4. The maximum absolute atomic E-state index is 12.8. The van der Waals surface area contributed by atoms with Gasteiger partial charge in [-0.3, -0.25) is 14.5 Å². The van der Waals surface area contributed by atoms with Crippen molar-refractivity contribution in [3.63, 3.8) is 0 Å². The molecule has 25 heavy (non-hydrogen) atoms. The van der Waals surface area contributed by atoms with Crippen LogP contribution in [0.1, 0.15) is 42.5 Å². The highest BCUT2D eigenvalue weighted by Gasteiger charge is 2.56. The third-order valence-corrected chi connectivity index (χ3v) is 5.67. The molecule has 2 aliphatic heterocycles. The van der Waals surface area contributed by atoms with Gasteiger partial charge in [-0.1, -0.05) is 12.1 Å². The van der Waals surface area contributed by atoms with E-state index >= 15 is 0 Å². The predicted molar refractivity (Wildman–Crippen MR) is 92.2 cm³/mol. The minimum absolute atomic E-state index is 0.0845.